The molecule has 2 heterocycles. The van der Waals surface area contributed by atoms with Crippen molar-refractivity contribution in [3.05, 3.63) is 71.5 Å². The van der Waals surface area contributed by atoms with Gasteiger partial charge in [-0.15, -0.1) is 0 Å². The van der Waals surface area contributed by atoms with Gasteiger partial charge in [0.15, 0.2) is 0 Å². The highest BCUT2D eigenvalue weighted by Gasteiger charge is 2.36. The average Bonchev–Trinajstić information content (AvgIpc) is 3.28. The molecule has 0 fully saturated rings. The topological polar surface area (TPSA) is 57.9 Å². The van der Waals surface area contributed by atoms with E-state index in [-0.39, 0.29) is 17.8 Å². The van der Waals surface area contributed by atoms with Crippen LogP contribution in [0.1, 0.15) is 41.5 Å². The number of H-pyrrole nitrogens is 2. The fourth-order valence-electron chi connectivity index (χ4n) is 4.53. The Hall–Kier alpha value is -3.01. The van der Waals surface area contributed by atoms with Crippen molar-refractivity contribution in [3.8, 4) is 0 Å². The third-order valence-electron chi connectivity index (χ3n) is 5.70. The van der Waals surface area contributed by atoms with Crippen molar-refractivity contribution < 1.29 is 9.53 Å². The number of esters is 1. The maximum Gasteiger partial charge on any atom is 0.314 e. The number of nitrogens with one attached hydrogen (secondary N) is 2. The van der Waals surface area contributed by atoms with Crippen molar-refractivity contribution in [2.45, 2.75) is 24.7 Å². The maximum absolute atomic E-state index is 12.4. The summed E-state index contributed by atoms with van der Waals surface area (Å²) < 4.78 is 5.07. The minimum Gasteiger partial charge on any atom is -0.469 e. The molecule has 0 bridgehead atoms. The Morgan fingerprint density at radius 3 is 2.54 bits per heavy atom. The van der Waals surface area contributed by atoms with Gasteiger partial charge in [0.2, 0.25) is 0 Å². The van der Waals surface area contributed by atoms with Crippen LogP contribution in [0.25, 0.3) is 21.8 Å². The zero-order chi connectivity index (χ0) is 17.7. The Kier molecular flexibility index (Phi) is 3.38. The lowest BCUT2D eigenvalue weighted by atomic mass is 9.76. The number of hydrogen-bond acceptors (Lipinski definition) is 2. The number of carbonyl (C=O) groups excluding carboxylic acids is 1. The zero-order valence-electron chi connectivity index (χ0n) is 14.6. The molecule has 1 aliphatic carbocycles. The lowest BCUT2D eigenvalue weighted by Crippen LogP contribution is -2.22. The van der Waals surface area contributed by atoms with Gasteiger partial charge in [0.1, 0.15) is 0 Å². The highest BCUT2D eigenvalue weighted by atomic mass is 16.5. The summed E-state index contributed by atoms with van der Waals surface area (Å²) in [6, 6.07) is 16.7. The van der Waals surface area contributed by atoms with Gasteiger partial charge in [0, 0.05) is 39.6 Å². The second-order valence-electron chi connectivity index (χ2n) is 6.99. The summed E-state index contributed by atoms with van der Waals surface area (Å²) in [5.41, 5.74) is 5.79. The van der Waals surface area contributed by atoms with Gasteiger partial charge in [-0.05, 0) is 36.1 Å². The molecule has 4 heteroatoms. The van der Waals surface area contributed by atoms with E-state index in [9.17, 15) is 4.79 Å². The minimum atomic E-state index is -0.219. The first-order valence-electron chi connectivity index (χ1n) is 9.02. The molecule has 1 aliphatic rings. The number of para-hydroxylation sites is 2. The van der Waals surface area contributed by atoms with E-state index in [1.165, 1.54) is 29.0 Å². The maximum atomic E-state index is 12.4. The Morgan fingerprint density at radius 2 is 1.73 bits per heavy atom. The largest absolute Gasteiger partial charge is 0.469 e. The molecule has 5 rings (SSSR count). The molecular weight excluding hydrogens is 324 g/mol. The molecule has 0 saturated heterocycles. The van der Waals surface area contributed by atoms with Crippen LogP contribution in [0.4, 0.5) is 0 Å². The summed E-state index contributed by atoms with van der Waals surface area (Å²) in [4.78, 5) is 19.3. The lowest BCUT2D eigenvalue weighted by molar-refractivity contribution is -0.142. The number of aromatic amines is 2. The molecule has 2 N–H and O–H groups in total. The van der Waals surface area contributed by atoms with E-state index in [1.54, 1.807) is 0 Å². The van der Waals surface area contributed by atoms with Crippen molar-refractivity contribution >= 4 is 27.8 Å². The first-order chi connectivity index (χ1) is 12.8. The standard InChI is InChI=1S/C22H20N2O2/c1-26-22(25)16-11-10-14(17-12-23-18-8-4-2-6-13(17)18)20-15-7-3-5-9-19(15)24-21(16)20/h2-9,12,14,16,23-24H,10-11H2,1H3. The van der Waals surface area contributed by atoms with Crippen LogP contribution in [0, 0.1) is 0 Å². The number of rotatable bonds is 2. The Bertz CT molecular complexity index is 1120. The molecule has 2 atom stereocenters. The smallest absolute Gasteiger partial charge is 0.314 e. The number of aromatic nitrogens is 2. The predicted molar refractivity (Wildman–Crippen MR) is 102 cm³/mol. The van der Waals surface area contributed by atoms with Crippen molar-refractivity contribution in [3.63, 3.8) is 0 Å². The Morgan fingerprint density at radius 1 is 1.00 bits per heavy atom. The number of carbonyl (C=O) groups is 1. The van der Waals surface area contributed by atoms with E-state index in [0.29, 0.717) is 0 Å². The van der Waals surface area contributed by atoms with Crippen LogP contribution in [0.15, 0.2) is 54.7 Å². The molecule has 26 heavy (non-hydrogen) atoms. The first-order valence-corrected chi connectivity index (χ1v) is 9.02. The van der Waals surface area contributed by atoms with Gasteiger partial charge in [0.25, 0.3) is 0 Å². The number of methoxy groups -OCH3 is 1. The van der Waals surface area contributed by atoms with E-state index < -0.39 is 0 Å². The number of benzene rings is 2. The second kappa shape index (κ2) is 5.77. The van der Waals surface area contributed by atoms with E-state index in [0.717, 1.165) is 29.6 Å². The van der Waals surface area contributed by atoms with Gasteiger partial charge < -0.3 is 14.7 Å². The fourth-order valence-corrected chi connectivity index (χ4v) is 4.53. The van der Waals surface area contributed by atoms with E-state index in [1.807, 2.05) is 12.1 Å². The third-order valence-corrected chi connectivity index (χ3v) is 5.70. The van der Waals surface area contributed by atoms with Gasteiger partial charge >= 0.3 is 5.97 Å². The molecule has 4 aromatic rings. The molecule has 0 amide bonds. The third kappa shape index (κ3) is 2.11. The number of ether oxygens (including phenoxy) is 1. The van der Waals surface area contributed by atoms with Gasteiger partial charge in [0.05, 0.1) is 13.0 Å². The summed E-state index contributed by atoms with van der Waals surface area (Å²) in [6.45, 7) is 0. The highest BCUT2D eigenvalue weighted by molar-refractivity contribution is 5.91. The van der Waals surface area contributed by atoms with Crippen molar-refractivity contribution in [1.29, 1.82) is 0 Å². The first kappa shape index (κ1) is 15.3. The lowest BCUT2D eigenvalue weighted by Gasteiger charge is -2.28. The Labute approximate surface area is 151 Å². The quantitative estimate of drug-likeness (QED) is 0.512. The van der Waals surface area contributed by atoms with Crippen LogP contribution in [0.3, 0.4) is 0 Å². The second-order valence-corrected chi connectivity index (χ2v) is 6.99. The van der Waals surface area contributed by atoms with Gasteiger partial charge in [-0.2, -0.15) is 0 Å². The molecule has 2 aromatic heterocycles. The fraction of sp³-hybridized carbons (Fsp3) is 0.227. The normalized spacial score (nSPS) is 19.6. The van der Waals surface area contributed by atoms with Gasteiger partial charge in [-0.25, -0.2) is 0 Å². The number of fused-ring (bicyclic) bond motifs is 4. The molecule has 2 unspecified atom stereocenters. The van der Waals surface area contributed by atoms with E-state index in [2.05, 4.69) is 52.6 Å². The summed E-state index contributed by atoms with van der Waals surface area (Å²) in [7, 11) is 1.47. The zero-order valence-corrected chi connectivity index (χ0v) is 14.6. The molecule has 130 valence electrons. The summed E-state index contributed by atoms with van der Waals surface area (Å²) in [5, 5.41) is 2.46. The SMILES string of the molecule is COC(=O)C1CCC(c2c[nH]c3ccccc23)c2c1[nH]c1ccccc21. The molecule has 0 spiro atoms. The average molecular weight is 344 g/mol. The highest BCUT2D eigenvalue weighted by Crippen LogP contribution is 2.47. The Balaban J connectivity index is 1.75. The summed E-state index contributed by atoms with van der Waals surface area (Å²) >= 11 is 0. The van der Waals surface area contributed by atoms with Crippen LogP contribution in [0.2, 0.25) is 0 Å². The molecule has 0 aliphatic heterocycles. The van der Waals surface area contributed by atoms with Crippen LogP contribution in [0.5, 0.6) is 0 Å². The molecular formula is C22H20N2O2. The van der Waals surface area contributed by atoms with Crippen molar-refractivity contribution in [2.75, 3.05) is 7.11 Å². The van der Waals surface area contributed by atoms with E-state index in [4.69, 9.17) is 4.74 Å². The summed E-state index contributed by atoms with van der Waals surface area (Å²) in [5.74, 6) is -0.114. The monoisotopic (exact) mass is 344 g/mol. The number of hydrogen-bond donors (Lipinski definition) is 2. The van der Waals surface area contributed by atoms with Crippen LogP contribution >= 0.6 is 0 Å². The minimum absolute atomic E-state index is 0.157. The van der Waals surface area contributed by atoms with Gasteiger partial charge in [-0.1, -0.05) is 36.4 Å². The summed E-state index contributed by atoms with van der Waals surface area (Å²) in [6.07, 6.45) is 3.84. The molecule has 2 aromatic carbocycles. The predicted octanol–water partition coefficient (Wildman–Crippen LogP) is 4.83. The van der Waals surface area contributed by atoms with Crippen LogP contribution in [-0.2, 0) is 9.53 Å². The van der Waals surface area contributed by atoms with E-state index >= 15 is 0 Å². The van der Waals surface area contributed by atoms with Crippen molar-refractivity contribution in [2.24, 2.45) is 0 Å². The van der Waals surface area contributed by atoms with Crippen molar-refractivity contribution in [1.82, 2.24) is 9.97 Å². The molecule has 4 nitrogen and oxygen atoms in total. The van der Waals surface area contributed by atoms with Gasteiger partial charge in [-0.3, -0.25) is 4.79 Å². The molecule has 0 radical (unpaired) electrons. The van der Waals surface area contributed by atoms with Crippen LogP contribution in [-0.4, -0.2) is 23.0 Å². The van der Waals surface area contributed by atoms with Crippen LogP contribution < -0.4 is 0 Å². The molecule has 0 saturated carbocycles.